The van der Waals surface area contributed by atoms with Crippen LogP contribution in [0.15, 0.2) is 18.5 Å². The van der Waals surface area contributed by atoms with Gasteiger partial charge in [-0.3, -0.25) is 9.48 Å². The molecule has 3 N–H and O–H groups in total. The highest BCUT2D eigenvalue weighted by Crippen LogP contribution is 2.26. The molecular weight excluding hydrogens is 347 g/mol. The largest absolute Gasteiger partial charge is 0.471 e. The van der Waals surface area contributed by atoms with E-state index in [1.165, 1.54) is 16.9 Å². The number of hydrogen-bond acceptors (Lipinski definition) is 6. The van der Waals surface area contributed by atoms with Gasteiger partial charge in [-0.05, 0) is 6.07 Å². The fourth-order valence-electron chi connectivity index (χ4n) is 2.68. The molecule has 1 saturated heterocycles. The number of amides is 2. The fraction of sp³-hybridized carbons (Fsp3) is 0.400. The van der Waals surface area contributed by atoms with Gasteiger partial charge in [-0.1, -0.05) is 5.21 Å². The van der Waals surface area contributed by atoms with Crippen LogP contribution in [0.5, 0.6) is 5.88 Å². The lowest BCUT2D eigenvalue weighted by Gasteiger charge is -2.33. The molecule has 26 heavy (non-hydrogen) atoms. The number of primary amides is 1. The number of alkyl halides is 1. The van der Waals surface area contributed by atoms with Gasteiger partial charge in [0.15, 0.2) is 6.17 Å². The van der Waals surface area contributed by atoms with Gasteiger partial charge in [0.25, 0.3) is 5.91 Å². The first-order valence-corrected chi connectivity index (χ1v) is 7.80. The summed E-state index contributed by atoms with van der Waals surface area (Å²) in [6.45, 7) is -0.173. The van der Waals surface area contributed by atoms with Crippen molar-refractivity contribution >= 4 is 12.0 Å². The number of aromatic nitrogens is 4. The van der Waals surface area contributed by atoms with Crippen molar-refractivity contribution in [2.45, 2.75) is 18.7 Å². The molecule has 2 aromatic heterocycles. The Hall–Kier alpha value is -3.24. The molecule has 2 atom stereocenters. The number of piperidine rings is 1. The van der Waals surface area contributed by atoms with Crippen molar-refractivity contribution in [3.05, 3.63) is 24.0 Å². The summed E-state index contributed by atoms with van der Waals surface area (Å²) in [6.07, 6.45) is -0.442. The minimum atomic E-state index is -1.54. The number of aryl methyl sites for hydroxylation is 1. The van der Waals surface area contributed by atoms with Crippen LogP contribution in [0.2, 0.25) is 0 Å². The van der Waals surface area contributed by atoms with Gasteiger partial charge in [-0.25, -0.2) is 14.2 Å². The normalized spacial score (nSPS) is 20.0. The number of carboxylic acid groups (broad SMARTS) is 1. The van der Waals surface area contributed by atoms with Crippen molar-refractivity contribution in [2.24, 2.45) is 12.8 Å². The van der Waals surface area contributed by atoms with Crippen LogP contribution in [-0.4, -0.2) is 67.3 Å². The number of pyridine rings is 1. The average Bonchev–Trinajstić information content (AvgIpc) is 3.03. The van der Waals surface area contributed by atoms with E-state index in [1.807, 2.05) is 0 Å². The van der Waals surface area contributed by atoms with Crippen molar-refractivity contribution < 1.29 is 23.8 Å². The van der Waals surface area contributed by atoms with E-state index in [0.29, 0.717) is 11.3 Å². The molecule has 0 spiro atoms. The smallest absolute Gasteiger partial charge is 0.407 e. The summed E-state index contributed by atoms with van der Waals surface area (Å²) in [6, 6.07) is 1.45. The highest BCUT2D eigenvalue weighted by molar-refractivity contribution is 5.96. The predicted octanol–water partition coefficient (Wildman–Crippen LogP) is 0.445. The van der Waals surface area contributed by atoms with Crippen LogP contribution in [0.25, 0.3) is 11.3 Å². The monoisotopic (exact) mass is 364 g/mol. The molecule has 3 heterocycles. The van der Waals surface area contributed by atoms with Crippen LogP contribution < -0.4 is 10.5 Å². The molecule has 1 fully saturated rings. The van der Waals surface area contributed by atoms with Gasteiger partial charge in [0, 0.05) is 31.8 Å². The average molecular weight is 364 g/mol. The first kappa shape index (κ1) is 17.6. The number of rotatable bonds is 4. The Bertz CT molecular complexity index is 841. The summed E-state index contributed by atoms with van der Waals surface area (Å²) in [7, 11) is 1.70. The molecule has 2 amide bonds. The SMILES string of the molecule is Cn1cc(-c2cnc(O[C@@H]3CCN(C(=O)O)C[C@@H]3F)c(C(N)=O)c2)nn1. The Balaban J connectivity index is 1.81. The summed E-state index contributed by atoms with van der Waals surface area (Å²) in [5.74, 6) is -0.877. The minimum Gasteiger partial charge on any atom is -0.471 e. The fourth-order valence-corrected chi connectivity index (χ4v) is 2.68. The Labute approximate surface area is 147 Å². The van der Waals surface area contributed by atoms with Crippen molar-refractivity contribution in [2.75, 3.05) is 13.1 Å². The second kappa shape index (κ2) is 6.94. The van der Waals surface area contributed by atoms with E-state index >= 15 is 0 Å². The number of hydrogen-bond donors (Lipinski definition) is 2. The van der Waals surface area contributed by atoms with E-state index in [2.05, 4.69) is 15.3 Å². The number of nitrogens with zero attached hydrogens (tertiary/aromatic N) is 5. The van der Waals surface area contributed by atoms with Crippen molar-refractivity contribution in [1.29, 1.82) is 0 Å². The Morgan fingerprint density at radius 1 is 1.46 bits per heavy atom. The third kappa shape index (κ3) is 3.55. The van der Waals surface area contributed by atoms with E-state index < -0.39 is 24.3 Å². The molecule has 11 heteroatoms. The van der Waals surface area contributed by atoms with Crippen molar-refractivity contribution in [3.8, 4) is 17.1 Å². The molecule has 1 aliphatic heterocycles. The summed E-state index contributed by atoms with van der Waals surface area (Å²) >= 11 is 0. The number of likely N-dealkylation sites (tertiary alicyclic amines) is 1. The predicted molar refractivity (Wildman–Crippen MR) is 86.3 cm³/mol. The second-order valence-corrected chi connectivity index (χ2v) is 5.91. The molecule has 0 unspecified atom stereocenters. The number of ether oxygens (including phenoxy) is 1. The van der Waals surface area contributed by atoms with Gasteiger partial charge in [0.1, 0.15) is 17.4 Å². The zero-order valence-electron chi connectivity index (χ0n) is 13.9. The first-order valence-electron chi connectivity index (χ1n) is 7.80. The summed E-state index contributed by atoms with van der Waals surface area (Å²) in [5, 5.41) is 16.7. The number of nitrogens with two attached hydrogens (primary N) is 1. The molecule has 0 bridgehead atoms. The molecule has 0 aliphatic carbocycles. The number of carbonyl (C=O) groups excluding carboxylic acids is 1. The maximum Gasteiger partial charge on any atom is 0.407 e. The Morgan fingerprint density at radius 2 is 2.23 bits per heavy atom. The first-order chi connectivity index (χ1) is 12.3. The van der Waals surface area contributed by atoms with Crippen LogP contribution in [0.4, 0.5) is 9.18 Å². The molecule has 1 aliphatic rings. The van der Waals surface area contributed by atoms with Crippen molar-refractivity contribution in [3.63, 3.8) is 0 Å². The standard InChI is InChI=1S/C15H17FN6O4/c1-21-7-11(19-20-21)8-4-9(13(17)23)14(18-5-8)26-12-2-3-22(15(24)25)6-10(12)16/h4-5,7,10,12H,2-3,6H2,1H3,(H2,17,23)(H,24,25)/t10-,12+/m0/s1. The van der Waals surface area contributed by atoms with E-state index in [9.17, 15) is 14.0 Å². The van der Waals surface area contributed by atoms with E-state index in [-0.39, 0.29) is 31.0 Å². The maximum atomic E-state index is 14.2. The highest BCUT2D eigenvalue weighted by atomic mass is 19.1. The molecule has 2 aromatic rings. The van der Waals surface area contributed by atoms with E-state index in [4.69, 9.17) is 15.6 Å². The zero-order chi connectivity index (χ0) is 18.8. The molecular formula is C15H17FN6O4. The van der Waals surface area contributed by atoms with Crippen LogP contribution in [0.1, 0.15) is 16.8 Å². The third-order valence-electron chi connectivity index (χ3n) is 4.03. The van der Waals surface area contributed by atoms with E-state index in [0.717, 1.165) is 4.90 Å². The molecule has 0 saturated carbocycles. The molecule has 3 rings (SSSR count). The van der Waals surface area contributed by atoms with Gasteiger partial charge in [-0.2, -0.15) is 0 Å². The van der Waals surface area contributed by atoms with Gasteiger partial charge in [0.05, 0.1) is 12.7 Å². The maximum absolute atomic E-state index is 14.2. The summed E-state index contributed by atoms with van der Waals surface area (Å²) in [5.41, 5.74) is 6.38. The van der Waals surface area contributed by atoms with E-state index in [1.54, 1.807) is 13.2 Å². The molecule has 138 valence electrons. The highest BCUT2D eigenvalue weighted by Gasteiger charge is 2.34. The van der Waals surface area contributed by atoms with Crippen LogP contribution >= 0.6 is 0 Å². The summed E-state index contributed by atoms with van der Waals surface area (Å²) in [4.78, 5) is 27.7. The van der Waals surface area contributed by atoms with Gasteiger partial charge >= 0.3 is 6.09 Å². The second-order valence-electron chi connectivity index (χ2n) is 5.91. The van der Waals surface area contributed by atoms with Crippen LogP contribution in [0, 0.1) is 0 Å². The molecule has 10 nitrogen and oxygen atoms in total. The Morgan fingerprint density at radius 3 is 2.81 bits per heavy atom. The van der Waals surface area contributed by atoms with Crippen LogP contribution in [-0.2, 0) is 7.05 Å². The lowest BCUT2D eigenvalue weighted by molar-refractivity contribution is 0.0222. The lowest BCUT2D eigenvalue weighted by Crippen LogP contribution is -2.49. The number of halogens is 1. The Kier molecular flexibility index (Phi) is 4.69. The zero-order valence-corrected chi connectivity index (χ0v) is 13.9. The quantitative estimate of drug-likeness (QED) is 0.803. The number of carbonyl (C=O) groups is 2. The lowest BCUT2D eigenvalue weighted by atomic mass is 10.1. The van der Waals surface area contributed by atoms with Gasteiger partial charge in [-0.15, -0.1) is 5.10 Å². The van der Waals surface area contributed by atoms with Crippen LogP contribution in [0.3, 0.4) is 0 Å². The summed E-state index contributed by atoms with van der Waals surface area (Å²) < 4.78 is 21.3. The van der Waals surface area contributed by atoms with Crippen molar-refractivity contribution in [1.82, 2.24) is 24.9 Å². The van der Waals surface area contributed by atoms with Gasteiger partial charge < -0.3 is 20.5 Å². The molecule has 0 radical (unpaired) electrons. The minimum absolute atomic E-state index is 0.0129. The third-order valence-corrected chi connectivity index (χ3v) is 4.03. The van der Waals surface area contributed by atoms with Gasteiger partial charge in [0.2, 0.25) is 5.88 Å². The molecule has 0 aromatic carbocycles. The topological polar surface area (TPSA) is 136 Å².